The first kappa shape index (κ1) is 13.6. The summed E-state index contributed by atoms with van der Waals surface area (Å²) in [4.78, 5) is 0. The molecule has 2 aliphatic rings. The molecule has 0 saturated heterocycles. The van der Waals surface area contributed by atoms with Crippen LogP contribution in [-0.4, -0.2) is 14.5 Å². The second-order valence-electron chi connectivity index (χ2n) is 5.90. The van der Waals surface area contributed by atoms with Gasteiger partial charge >= 0.3 is 0 Å². The largest absolute Gasteiger partial charge is 0.0835 e. The predicted octanol–water partition coefficient (Wildman–Crippen LogP) is 5.71. The van der Waals surface area contributed by atoms with E-state index < -0.39 is 8.07 Å². The van der Waals surface area contributed by atoms with Crippen molar-refractivity contribution in [2.24, 2.45) is 11.8 Å². The summed E-state index contributed by atoms with van der Waals surface area (Å²) in [6.45, 7) is 5.08. The van der Waals surface area contributed by atoms with Crippen LogP contribution < -0.4 is 0 Å². The highest BCUT2D eigenvalue weighted by Gasteiger charge is 2.55. The van der Waals surface area contributed by atoms with Crippen LogP contribution in [0, 0.1) is 11.8 Å². The maximum absolute atomic E-state index is 3.73. The predicted molar refractivity (Wildman–Crippen MR) is 84.5 cm³/mol. The lowest BCUT2D eigenvalue weighted by Crippen LogP contribution is -2.27. The maximum Gasteiger partial charge on any atom is 0.0835 e. The molecule has 0 N–H and O–H groups in total. The van der Waals surface area contributed by atoms with E-state index in [1.54, 1.807) is 0 Å². The molecule has 0 bridgehead atoms. The molecule has 0 heterocycles. The van der Waals surface area contributed by atoms with Crippen LogP contribution in [0.5, 0.6) is 0 Å². The van der Waals surface area contributed by atoms with E-state index in [9.17, 15) is 0 Å². The minimum atomic E-state index is -1.00. The minimum absolute atomic E-state index is 0.299. The zero-order chi connectivity index (χ0) is 11.5. The molecule has 0 spiro atoms. The Balaban J connectivity index is 1.81. The van der Waals surface area contributed by atoms with Crippen LogP contribution in [-0.2, 0) is 0 Å². The molecule has 0 aromatic heterocycles. The Hall–Kier alpha value is 2.14. The third-order valence-corrected chi connectivity index (χ3v) is 10.6. The highest BCUT2D eigenvalue weighted by molar-refractivity contribution is 9.26. The normalized spacial score (nSPS) is 36.4. The van der Waals surface area contributed by atoms with Crippen LogP contribution >= 0.6 is 63.7 Å². The first-order chi connectivity index (χ1) is 6.62. The van der Waals surface area contributed by atoms with E-state index in [1.807, 2.05) is 0 Å². The van der Waals surface area contributed by atoms with Crippen molar-refractivity contribution in [1.29, 1.82) is 0 Å². The van der Waals surface area contributed by atoms with Crippen molar-refractivity contribution >= 4 is 71.8 Å². The molecular formula is C10H16Br4Si. The van der Waals surface area contributed by atoms with Gasteiger partial charge in [0.2, 0.25) is 0 Å². The van der Waals surface area contributed by atoms with Gasteiger partial charge in [-0.05, 0) is 24.7 Å². The Morgan fingerprint density at radius 1 is 0.933 bits per heavy atom. The topological polar surface area (TPSA) is 0 Å². The van der Waals surface area contributed by atoms with Crippen LogP contribution in [0.3, 0.4) is 0 Å². The van der Waals surface area contributed by atoms with E-state index >= 15 is 0 Å². The second-order valence-corrected chi connectivity index (χ2v) is 18.8. The number of alkyl halides is 4. The Morgan fingerprint density at radius 3 is 1.40 bits per heavy atom. The number of hydrogen-bond acceptors (Lipinski definition) is 0. The van der Waals surface area contributed by atoms with Crippen molar-refractivity contribution in [3.05, 3.63) is 0 Å². The Kier molecular flexibility index (Phi) is 3.68. The summed E-state index contributed by atoms with van der Waals surface area (Å²) < 4.78 is 0.599. The summed E-state index contributed by atoms with van der Waals surface area (Å²) in [5.41, 5.74) is 0. The third kappa shape index (κ3) is 3.55. The fraction of sp³-hybridized carbons (Fsp3) is 1.00. The number of halogens is 4. The molecule has 2 rings (SSSR count). The van der Waals surface area contributed by atoms with E-state index in [2.05, 4.69) is 76.8 Å². The molecule has 0 amide bonds. The Labute approximate surface area is 127 Å². The van der Waals surface area contributed by atoms with Gasteiger partial charge in [0.1, 0.15) is 0 Å². The van der Waals surface area contributed by atoms with Crippen molar-refractivity contribution in [1.82, 2.24) is 0 Å². The van der Waals surface area contributed by atoms with Gasteiger partial charge in [-0.2, -0.15) is 0 Å². The van der Waals surface area contributed by atoms with Gasteiger partial charge in [-0.3, -0.25) is 0 Å². The van der Waals surface area contributed by atoms with Gasteiger partial charge < -0.3 is 0 Å². The van der Waals surface area contributed by atoms with Crippen molar-refractivity contribution in [3.8, 4) is 0 Å². The summed E-state index contributed by atoms with van der Waals surface area (Å²) in [5.74, 6) is 1.75. The quantitative estimate of drug-likeness (QED) is 0.355. The summed E-state index contributed by atoms with van der Waals surface area (Å²) in [6.07, 6.45) is 2.61. The lowest BCUT2D eigenvalue weighted by Gasteiger charge is -2.23. The zero-order valence-corrected chi connectivity index (χ0v) is 16.3. The standard InChI is InChI=1S/C10H16Br4Si/c1-15(2,5-7-3-9(7,11)12)6-8-4-10(8,13)14/h7-8H,3-6H2,1-2H3/t7-,8+. The van der Waals surface area contributed by atoms with Gasteiger partial charge in [0.05, 0.1) is 6.47 Å². The van der Waals surface area contributed by atoms with Crippen molar-refractivity contribution < 1.29 is 0 Å². The van der Waals surface area contributed by atoms with Crippen LogP contribution in [0.2, 0.25) is 25.2 Å². The molecule has 0 radical (unpaired) electrons. The first-order valence-electron chi connectivity index (χ1n) is 5.38. The fourth-order valence-corrected chi connectivity index (χ4v) is 9.63. The smallest absolute Gasteiger partial charge is 0.0724 e. The average molecular weight is 484 g/mol. The summed E-state index contributed by atoms with van der Waals surface area (Å²) in [7, 11) is -1.00. The van der Waals surface area contributed by atoms with Crippen molar-refractivity contribution in [3.63, 3.8) is 0 Å². The molecule has 5 heteroatoms. The molecule has 0 nitrogen and oxygen atoms in total. The fourth-order valence-electron chi connectivity index (χ4n) is 2.40. The van der Waals surface area contributed by atoms with Crippen molar-refractivity contribution in [2.75, 3.05) is 0 Å². The van der Waals surface area contributed by atoms with Gasteiger partial charge in [-0.1, -0.05) is 88.9 Å². The lowest BCUT2D eigenvalue weighted by atomic mass is 10.5. The molecule has 2 saturated carbocycles. The molecule has 2 aliphatic carbocycles. The van der Waals surface area contributed by atoms with Gasteiger partial charge in [0.15, 0.2) is 0 Å². The number of hydrogen-bond donors (Lipinski definition) is 0. The minimum Gasteiger partial charge on any atom is -0.0724 e. The van der Waals surface area contributed by atoms with E-state index in [0.717, 1.165) is 11.8 Å². The Morgan fingerprint density at radius 2 is 1.20 bits per heavy atom. The first-order valence-corrected chi connectivity index (χ1v) is 12.0. The van der Waals surface area contributed by atoms with Crippen LogP contribution in [0.1, 0.15) is 12.8 Å². The molecule has 0 aliphatic heterocycles. The molecule has 2 atom stereocenters. The Bertz CT molecular complexity index is 249. The highest BCUT2D eigenvalue weighted by Crippen LogP contribution is 2.63. The molecule has 15 heavy (non-hydrogen) atoms. The monoisotopic (exact) mass is 480 g/mol. The van der Waals surface area contributed by atoms with Crippen LogP contribution in [0.25, 0.3) is 0 Å². The second kappa shape index (κ2) is 4.07. The zero-order valence-electron chi connectivity index (χ0n) is 8.99. The van der Waals surface area contributed by atoms with E-state index in [0.29, 0.717) is 6.47 Å². The SMILES string of the molecule is C[Si](C)(C[C@H]1CC1(Br)Br)C[C@@H]1CC1(Br)Br. The molecule has 0 aromatic rings. The molecule has 0 aromatic carbocycles. The average Bonchev–Trinajstić information content (AvgIpc) is 2.72. The van der Waals surface area contributed by atoms with Gasteiger partial charge in [-0.15, -0.1) is 0 Å². The van der Waals surface area contributed by atoms with E-state index in [4.69, 9.17) is 0 Å². The lowest BCUT2D eigenvalue weighted by molar-refractivity contribution is 0.885. The molecule has 0 unspecified atom stereocenters. The molecule has 88 valence electrons. The maximum atomic E-state index is 3.73. The third-order valence-electron chi connectivity index (χ3n) is 3.51. The van der Waals surface area contributed by atoms with Crippen LogP contribution in [0.15, 0.2) is 0 Å². The summed E-state index contributed by atoms with van der Waals surface area (Å²) in [6, 6.07) is 2.91. The van der Waals surface area contributed by atoms with Gasteiger partial charge in [0.25, 0.3) is 0 Å². The highest BCUT2D eigenvalue weighted by atomic mass is 79.9. The van der Waals surface area contributed by atoms with Crippen molar-refractivity contribution in [2.45, 2.75) is 44.5 Å². The van der Waals surface area contributed by atoms with E-state index in [1.165, 1.54) is 24.9 Å². The van der Waals surface area contributed by atoms with Gasteiger partial charge in [0, 0.05) is 8.07 Å². The summed E-state index contributed by atoms with van der Waals surface area (Å²) in [5, 5.41) is 0. The summed E-state index contributed by atoms with van der Waals surface area (Å²) >= 11 is 14.9. The van der Waals surface area contributed by atoms with E-state index in [-0.39, 0.29) is 0 Å². The van der Waals surface area contributed by atoms with Gasteiger partial charge in [-0.25, -0.2) is 0 Å². The number of rotatable bonds is 4. The molecular weight excluding hydrogens is 468 g/mol. The molecule has 2 fully saturated rings. The van der Waals surface area contributed by atoms with Crippen LogP contribution in [0.4, 0.5) is 0 Å².